The zero-order valence-electron chi connectivity index (χ0n) is 11.8. The third kappa shape index (κ3) is 3.34. The van der Waals surface area contributed by atoms with Crippen LogP contribution in [0.2, 0.25) is 0 Å². The SMILES string of the molecule is CCCNc1cnccc1C(=O)N(C)Cc1ncc[nH]1. The van der Waals surface area contributed by atoms with Gasteiger partial charge in [-0.2, -0.15) is 0 Å². The third-order valence-corrected chi connectivity index (χ3v) is 2.91. The zero-order chi connectivity index (χ0) is 14.4. The van der Waals surface area contributed by atoms with E-state index in [-0.39, 0.29) is 5.91 Å². The minimum Gasteiger partial charge on any atom is -0.383 e. The minimum absolute atomic E-state index is 0.0533. The quantitative estimate of drug-likeness (QED) is 0.843. The van der Waals surface area contributed by atoms with Crippen LogP contribution in [0.25, 0.3) is 0 Å². The molecule has 0 saturated heterocycles. The van der Waals surface area contributed by atoms with Gasteiger partial charge in [-0.25, -0.2) is 4.98 Å². The summed E-state index contributed by atoms with van der Waals surface area (Å²) in [4.78, 5) is 25.3. The number of aromatic amines is 1. The Kier molecular flexibility index (Phi) is 4.70. The Balaban J connectivity index is 2.11. The molecule has 2 aromatic heterocycles. The molecule has 0 aliphatic rings. The average molecular weight is 273 g/mol. The summed E-state index contributed by atoms with van der Waals surface area (Å²) in [5.74, 6) is 0.709. The highest BCUT2D eigenvalue weighted by Gasteiger charge is 2.16. The molecule has 2 aromatic rings. The molecule has 0 saturated carbocycles. The van der Waals surface area contributed by atoms with Gasteiger partial charge in [0.05, 0.1) is 24.0 Å². The van der Waals surface area contributed by atoms with E-state index in [2.05, 4.69) is 27.2 Å². The summed E-state index contributed by atoms with van der Waals surface area (Å²) in [5, 5.41) is 3.22. The van der Waals surface area contributed by atoms with Gasteiger partial charge in [0.15, 0.2) is 0 Å². The number of rotatable bonds is 6. The summed E-state index contributed by atoms with van der Waals surface area (Å²) < 4.78 is 0. The molecule has 2 N–H and O–H groups in total. The normalized spacial score (nSPS) is 10.3. The summed E-state index contributed by atoms with van der Waals surface area (Å²) in [6, 6.07) is 1.74. The number of carbonyl (C=O) groups is 1. The van der Waals surface area contributed by atoms with E-state index in [0.29, 0.717) is 12.1 Å². The molecule has 0 aliphatic heterocycles. The van der Waals surface area contributed by atoms with Gasteiger partial charge in [-0.3, -0.25) is 9.78 Å². The molecule has 106 valence electrons. The van der Waals surface area contributed by atoms with Crippen LogP contribution in [0, 0.1) is 0 Å². The molecule has 0 radical (unpaired) electrons. The number of nitrogens with zero attached hydrogens (tertiary/aromatic N) is 3. The summed E-state index contributed by atoms with van der Waals surface area (Å²) >= 11 is 0. The van der Waals surface area contributed by atoms with E-state index in [4.69, 9.17) is 0 Å². The molecule has 0 fully saturated rings. The number of H-pyrrole nitrogens is 1. The first kappa shape index (κ1) is 14.0. The van der Waals surface area contributed by atoms with E-state index in [9.17, 15) is 4.79 Å². The fourth-order valence-electron chi connectivity index (χ4n) is 1.87. The van der Waals surface area contributed by atoms with Gasteiger partial charge in [-0.15, -0.1) is 0 Å². The molecular weight excluding hydrogens is 254 g/mol. The molecule has 2 rings (SSSR count). The molecular formula is C14H19N5O. The number of anilines is 1. The molecule has 0 aromatic carbocycles. The van der Waals surface area contributed by atoms with Crippen LogP contribution in [0.1, 0.15) is 29.5 Å². The van der Waals surface area contributed by atoms with Crippen LogP contribution in [0.4, 0.5) is 5.69 Å². The summed E-state index contributed by atoms with van der Waals surface area (Å²) in [5.41, 5.74) is 1.40. The monoisotopic (exact) mass is 273 g/mol. The first-order valence-corrected chi connectivity index (χ1v) is 6.64. The van der Waals surface area contributed by atoms with Crippen molar-refractivity contribution >= 4 is 11.6 Å². The maximum absolute atomic E-state index is 12.5. The summed E-state index contributed by atoms with van der Waals surface area (Å²) in [6.45, 7) is 3.34. The molecule has 20 heavy (non-hydrogen) atoms. The van der Waals surface area contributed by atoms with Crippen LogP contribution in [0.15, 0.2) is 30.9 Å². The molecule has 1 amide bonds. The number of amides is 1. The number of imidazole rings is 1. The van der Waals surface area contributed by atoms with Crippen LogP contribution >= 0.6 is 0 Å². The Hall–Kier alpha value is -2.37. The molecule has 2 heterocycles. The second-order valence-corrected chi connectivity index (χ2v) is 4.55. The van der Waals surface area contributed by atoms with Crippen LogP contribution < -0.4 is 5.32 Å². The number of hydrogen-bond donors (Lipinski definition) is 2. The lowest BCUT2D eigenvalue weighted by atomic mass is 10.2. The van der Waals surface area contributed by atoms with Crippen molar-refractivity contribution in [1.29, 1.82) is 0 Å². The molecule has 0 atom stereocenters. The molecule has 0 unspecified atom stereocenters. The van der Waals surface area contributed by atoms with Crippen LogP contribution in [0.3, 0.4) is 0 Å². The number of hydrogen-bond acceptors (Lipinski definition) is 4. The van der Waals surface area contributed by atoms with E-state index in [1.165, 1.54) is 0 Å². The smallest absolute Gasteiger partial charge is 0.256 e. The summed E-state index contributed by atoms with van der Waals surface area (Å²) in [6.07, 6.45) is 7.72. The van der Waals surface area contributed by atoms with Crippen LogP contribution in [-0.4, -0.2) is 39.4 Å². The Bertz CT molecular complexity index is 552. The number of pyridine rings is 1. The lowest BCUT2D eigenvalue weighted by Gasteiger charge is -2.18. The standard InChI is InChI=1S/C14H19N5O/c1-3-5-16-12-9-15-6-4-11(12)14(20)19(2)10-13-17-7-8-18-13/h4,6-9,16H,3,5,10H2,1-2H3,(H,17,18). The first-order chi connectivity index (χ1) is 9.72. The molecule has 6 nitrogen and oxygen atoms in total. The van der Waals surface area contributed by atoms with Gasteiger partial charge < -0.3 is 15.2 Å². The Morgan fingerprint density at radius 2 is 2.30 bits per heavy atom. The van der Waals surface area contributed by atoms with Gasteiger partial charge in [-0.05, 0) is 12.5 Å². The predicted molar refractivity (Wildman–Crippen MR) is 77.4 cm³/mol. The van der Waals surface area contributed by atoms with E-state index in [1.54, 1.807) is 42.8 Å². The highest BCUT2D eigenvalue weighted by atomic mass is 16.2. The number of nitrogens with one attached hydrogen (secondary N) is 2. The van der Waals surface area contributed by atoms with Crippen molar-refractivity contribution in [2.24, 2.45) is 0 Å². The fraction of sp³-hybridized carbons (Fsp3) is 0.357. The Morgan fingerprint density at radius 1 is 1.45 bits per heavy atom. The summed E-state index contributed by atoms with van der Waals surface area (Å²) in [7, 11) is 1.76. The maximum atomic E-state index is 12.5. The highest BCUT2D eigenvalue weighted by Crippen LogP contribution is 2.16. The zero-order valence-corrected chi connectivity index (χ0v) is 11.8. The van der Waals surface area contributed by atoms with Gasteiger partial charge in [0, 0.05) is 32.2 Å². The van der Waals surface area contributed by atoms with Gasteiger partial charge in [0.1, 0.15) is 5.82 Å². The lowest BCUT2D eigenvalue weighted by Crippen LogP contribution is -2.27. The van der Waals surface area contributed by atoms with Gasteiger partial charge in [-0.1, -0.05) is 6.92 Å². The molecule has 6 heteroatoms. The van der Waals surface area contributed by atoms with Crippen LogP contribution in [-0.2, 0) is 6.54 Å². The van der Waals surface area contributed by atoms with Crippen molar-refractivity contribution in [2.45, 2.75) is 19.9 Å². The Labute approximate surface area is 118 Å². The van der Waals surface area contributed by atoms with E-state index in [1.807, 2.05) is 0 Å². The van der Waals surface area contributed by atoms with Crippen molar-refractivity contribution in [3.63, 3.8) is 0 Å². The maximum Gasteiger partial charge on any atom is 0.256 e. The van der Waals surface area contributed by atoms with Crippen molar-refractivity contribution in [3.05, 3.63) is 42.2 Å². The topological polar surface area (TPSA) is 73.9 Å². The highest BCUT2D eigenvalue weighted by molar-refractivity contribution is 5.99. The van der Waals surface area contributed by atoms with E-state index < -0.39 is 0 Å². The molecule has 0 bridgehead atoms. The van der Waals surface area contributed by atoms with E-state index in [0.717, 1.165) is 24.5 Å². The average Bonchev–Trinajstić information content (AvgIpc) is 2.97. The van der Waals surface area contributed by atoms with Gasteiger partial charge >= 0.3 is 0 Å². The van der Waals surface area contributed by atoms with Crippen LogP contribution in [0.5, 0.6) is 0 Å². The second kappa shape index (κ2) is 6.70. The fourth-order valence-corrected chi connectivity index (χ4v) is 1.87. The largest absolute Gasteiger partial charge is 0.383 e. The molecule has 0 aliphatic carbocycles. The lowest BCUT2D eigenvalue weighted by molar-refractivity contribution is 0.0782. The number of carbonyl (C=O) groups excluding carboxylic acids is 1. The first-order valence-electron chi connectivity index (χ1n) is 6.64. The second-order valence-electron chi connectivity index (χ2n) is 4.55. The predicted octanol–water partition coefficient (Wildman–Crippen LogP) is 1.90. The van der Waals surface area contributed by atoms with Crippen molar-refractivity contribution in [3.8, 4) is 0 Å². The van der Waals surface area contributed by atoms with Gasteiger partial charge in [0.25, 0.3) is 5.91 Å². The van der Waals surface area contributed by atoms with E-state index >= 15 is 0 Å². The minimum atomic E-state index is -0.0533. The Morgan fingerprint density at radius 3 is 3.00 bits per heavy atom. The van der Waals surface area contributed by atoms with Crippen molar-refractivity contribution in [2.75, 3.05) is 18.9 Å². The van der Waals surface area contributed by atoms with Crippen molar-refractivity contribution in [1.82, 2.24) is 19.9 Å². The number of aromatic nitrogens is 3. The van der Waals surface area contributed by atoms with Crippen molar-refractivity contribution < 1.29 is 4.79 Å². The third-order valence-electron chi connectivity index (χ3n) is 2.91. The molecule has 0 spiro atoms. The van der Waals surface area contributed by atoms with Gasteiger partial charge in [0.2, 0.25) is 0 Å².